The van der Waals surface area contributed by atoms with E-state index in [1.165, 1.54) is 44.1 Å². The number of fused-ring (bicyclic) bond motifs is 5. The van der Waals surface area contributed by atoms with E-state index >= 15 is 0 Å². The Hall–Kier alpha value is -3.73. The zero-order chi connectivity index (χ0) is 26.3. The molecule has 2 N–H and O–H groups in total. The molecule has 4 aliphatic rings. The minimum atomic E-state index is 0.641. The Bertz CT molecular complexity index is 1380. The first-order valence-electron chi connectivity index (χ1n) is 14.2. The monoisotopic (exact) mass is 506 g/mol. The maximum atomic E-state index is 10.3. The number of unbranched alkanes of at least 4 members (excludes halogenated alkanes) is 6. The Labute approximate surface area is 226 Å². The summed E-state index contributed by atoms with van der Waals surface area (Å²) in [6.45, 7) is 4.47. The third-order valence-electron chi connectivity index (χ3n) is 7.45. The molecule has 38 heavy (non-hydrogen) atoms. The summed E-state index contributed by atoms with van der Waals surface area (Å²) < 4.78 is 0. The maximum Gasteiger partial charge on any atom is 0.0907 e. The van der Waals surface area contributed by atoms with Crippen LogP contribution in [0.15, 0.2) is 98.1 Å². The van der Waals surface area contributed by atoms with E-state index in [9.17, 15) is 5.11 Å². The predicted molar refractivity (Wildman–Crippen MR) is 161 cm³/mol. The second-order valence-corrected chi connectivity index (χ2v) is 10.3. The number of rotatable bonds is 10. The number of aromatic nitrogens is 1. The smallest absolute Gasteiger partial charge is 0.0907 e. The summed E-state index contributed by atoms with van der Waals surface area (Å²) in [4.78, 5) is 18.6. The van der Waals surface area contributed by atoms with Crippen molar-refractivity contribution >= 4 is 28.8 Å². The topological polar surface area (TPSA) is 73.1 Å². The number of nitrogens with one attached hydrogen (secondary N) is 1. The fourth-order valence-corrected chi connectivity index (χ4v) is 5.33. The van der Waals surface area contributed by atoms with Crippen molar-refractivity contribution in [3.63, 3.8) is 0 Å². The number of H-pyrrole nitrogens is 1. The normalized spacial score (nSPS) is 19.1. The highest BCUT2D eigenvalue weighted by atomic mass is 16.2. The standard InChI is InChI=1S/C33H38N4O/c1-3-5-7-9-11-25-28-15-13-23(34-28)21-24-14-16-29(35-24)26(12-10-8-6-4-2)31-18-20-33(37-31)27(22-38)32-19-17-30(25)36-32/h13-22,34,38H,3-12H2,1-2H3/b24-21?,27-22+,30-25?,31-26?. The molecule has 1 aromatic rings. The van der Waals surface area contributed by atoms with Crippen LogP contribution >= 0.6 is 0 Å². The van der Waals surface area contributed by atoms with Crippen molar-refractivity contribution in [3.05, 3.63) is 94.5 Å². The second kappa shape index (κ2) is 12.2. The fourth-order valence-electron chi connectivity index (χ4n) is 5.33. The van der Waals surface area contributed by atoms with Gasteiger partial charge >= 0.3 is 0 Å². The summed E-state index contributed by atoms with van der Waals surface area (Å²) >= 11 is 0. The number of hydrogen-bond donors (Lipinski definition) is 2. The molecule has 1 aromatic heterocycles. The SMILES string of the molecule is CCCCCCC1=C2C=CC(=N2)/C(=C/O)C2=NC(=C(CCCCCC)c3ccc([nH]3)C=C3C=CC1=N3)C=C2. The van der Waals surface area contributed by atoms with Gasteiger partial charge in [0.25, 0.3) is 0 Å². The first-order valence-corrected chi connectivity index (χ1v) is 14.2. The summed E-state index contributed by atoms with van der Waals surface area (Å²) in [5.74, 6) is 0. The number of aliphatic hydroxyl groups is 1. The van der Waals surface area contributed by atoms with E-state index < -0.39 is 0 Å². The third kappa shape index (κ3) is 5.72. The van der Waals surface area contributed by atoms with Crippen LogP contribution in [-0.4, -0.2) is 27.2 Å². The Morgan fingerprint density at radius 2 is 1.32 bits per heavy atom. The van der Waals surface area contributed by atoms with Crippen LogP contribution in [0.1, 0.15) is 89.4 Å². The van der Waals surface area contributed by atoms with Crippen LogP contribution in [0.4, 0.5) is 0 Å². The maximum absolute atomic E-state index is 10.3. The molecule has 0 fully saturated rings. The molecule has 0 saturated heterocycles. The minimum absolute atomic E-state index is 0.641. The molecule has 0 saturated carbocycles. The van der Waals surface area contributed by atoms with Crippen LogP contribution < -0.4 is 0 Å². The molecule has 5 heteroatoms. The number of aliphatic imine (C=N–C) groups is 3. The van der Waals surface area contributed by atoms with E-state index in [2.05, 4.69) is 61.3 Å². The molecule has 196 valence electrons. The predicted octanol–water partition coefficient (Wildman–Crippen LogP) is 8.75. The lowest BCUT2D eigenvalue weighted by Crippen LogP contribution is -2.07. The van der Waals surface area contributed by atoms with Crippen molar-refractivity contribution in [1.29, 1.82) is 0 Å². The fraction of sp³-hybridized carbons (Fsp3) is 0.364. The molecule has 0 atom stereocenters. The average Bonchev–Trinajstić information content (AvgIpc) is 3.73. The second-order valence-electron chi connectivity index (χ2n) is 10.3. The van der Waals surface area contributed by atoms with Gasteiger partial charge in [-0.1, -0.05) is 52.4 Å². The minimum Gasteiger partial charge on any atom is -0.515 e. The van der Waals surface area contributed by atoms with Crippen LogP contribution in [0.3, 0.4) is 0 Å². The molecule has 0 radical (unpaired) electrons. The van der Waals surface area contributed by atoms with E-state index in [0.717, 1.165) is 83.1 Å². The van der Waals surface area contributed by atoms with E-state index in [0.29, 0.717) is 5.57 Å². The molecular weight excluding hydrogens is 468 g/mol. The van der Waals surface area contributed by atoms with Gasteiger partial charge in [-0.05, 0) is 80.3 Å². The van der Waals surface area contributed by atoms with Gasteiger partial charge in [-0.25, -0.2) is 15.0 Å². The molecule has 4 aliphatic heterocycles. The highest BCUT2D eigenvalue weighted by molar-refractivity contribution is 6.33. The molecule has 5 rings (SSSR count). The summed E-state index contributed by atoms with van der Waals surface area (Å²) in [6, 6.07) is 4.27. The van der Waals surface area contributed by atoms with E-state index in [4.69, 9.17) is 15.0 Å². The number of nitrogens with zero attached hydrogens (tertiary/aromatic N) is 3. The molecule has 0 aliphatic carbocycles. The van der Waals surface area contributed by atoms with Gasteiger partial charge in [0, 0.05) is 22.5 Å². The average molecular weight is 507 g/mol. The van der Waals surface area contributed by atoms with Crippen molar-refractivity contribution < 1.29 is 5.11 Å². The first-order chi connectivity index (χ1) is 18.7. The van der Waals surface area contributed by atoms with E-state index in [1.807, 2.05) is 12.2 Å². The molecule has 5 nitrogen and oxygen atoms in total. The Morgan fingerprint density at radius 1 is 0.684 bits per heavy atom. The Kier molecular flexibility index (Phi) is 8.32. The Morgan fingerprint density at radius 3 is 1.97 bits per heavy atom. The van der Waals surface area contributed by atoms with Crippen molar-refractivity contribution in [2.45, 2.75) is 78.1 Å². The summed E-state index contributed by atoms with van der Waals surface area (Å²) in [5, 5.41) is 10.3. The van der Waals surface area contributed by atoms with Gasteiger partial charge in [0.15, 0.2) is 0 Å². The van der Waals surface area contributed by atoms with Crippen molar-refractivity contribution in [2.75, 3.05) is 0 Å². The van der Waals surface area contributed by atoms with Crippen molar-refractivity contribution in [3.8, 4) is 0 Å². The third-order valence-corrected chi connectivity index (χ3v) is 7.45. The molecular formula is C33H38N4O. The zero-order valence-electron chi connectivity index (χ0n) is 22.6. The van der Waals surface area contributed by atoms with E-state index in [1.54, 1.807) is 0 Å². The summed E-state index contributed by atoms with van der Waals surface area (Å²) in [5.41, 5.74) is 10.4. The molecule has 0 unspecified atom stereocenters. The highest BCUT2D eigenvalue weighted by Gasteiger charge is 2.22. The number of allylic oxidation sites excluding steroid dienone is 9. The first kappa shape index (κ1) is 25.9. The molecule has 0 amide bonds. The number of hydrogen-bond acceptors (Lipinski definition) is 4. The zero-order valence-corrected chi connectivity index (χ0v) is 22.6. The lowest BCUT2D eigenvalue weighted by molar-refractivity contribution is 0.472. The van der Waals surface area contributed by atoms with Gasteiger partial charge in [0.05, 0.1) is 46.1 Å². The van der Waals surface area contributed by atoms with E-state index in [-0.39, 0.29) is 0 Å². The van der Waals surface area contributed by atoms with Crippen LogP contribution in [0.2, 0.25) is 0 Å². The van der Waals surface area contributed by atoms with Gasteiger partial charge in [-0.3, -0.25) is 0 Å². The lowest BCUT2D eigenvalue weighted by Gasteiger charge is -2.09. The molecule has 0 aromatic carbocycles. The molecule has 5 heterocycles. The summed E-state index contributed by atoms with van der Waals surface area (Å²) in [7, 11) is 0. The largest absolute Gasteiger partial charge is 0.515 e. The Balaban J connectivity index is 1.59. The lowest BCUT2D eigenvalue weighted by atomic mass is 10.0. The van der Waals surface area contributed by atoms with Crippen molar-refractivity contribution in [2.24, 2.45) is 15.0 Å². The van der Waals surface area contributed by atoms with Gasteiger partial charge in [-0.2, -0.15) is 0 Å². The molecule has 0 spiro atoms. The summed E-state index contributed by atoms with van der Waals surface area (Å²) in [6.07, 6.45) is 26.9. The van der Waals surface area contributed by atoms with Gasteiger partial charge in [-0.15, -0.1) is 0 Å². The number of aromatic amines is 1. The van der Waals surface area contributed by atoms with Gasteiger partial charge in [0.2, 0.25) is 0 Å². The molecule has 8 bridgehead atoms. The van der Waals surface area contributed by atoms with Crippen LogP contribution in [-0.2, 0) is 0 Å². The van der Waals surface area contributed by atoms with Gasteiger partial charge in [0.1, 0.15) is 0 Å². The highest BCUT2D eigenvalue weighted by Crippen LogP contribution is 2.32. The van der Waals surface area contributed by atoms with Crippen LogP contribution in [0.5, 0.6) is 0 Å². The van der Waals surface area contributed by atoms with Gasteiger partial charge < -0.3 is 10.1 Å². The number of aliphatic hydroxyl groups excluding tert-OH is 1. The van der Waals surface area contributed by atoms with Crippen molar-refractivity contribution in [1.82, 2.24) is 4.98 Å². The van der Waals surface area contributed by atoms with Crippen LogP contribution in [0, 0.1) is 0 Å². The van der Waals surface area contributed by atoms with Crippen LogP contribution in [0.25, 0.3) is 11.6 Å². The quantitative estimate of drug-likeness (QED) is 0.242.